The molecule has 1 saturated heterocycles. The van der Waals surface area contributed by atoms with Crippen LogP contribution in [0.4, 0.5) is 5.69 Å². The molecule has 0 saturated carbocycles. The van der Waals surface area contributed by atoms with E-state index in [1.54, 1.807) is 48.5 Å². The molecule has 3 rings (SSSR count). The maximum absolute atomic E-state index is 12.7. The molecular weight excluding hydrogens is 376 g/mol. The van der Waals surface area contributed by atoms with Gasteiger partial charge in [-0.25, -0.2) is 8.42 Å². The number of sulfonamides is 1. The number of ether oxygens (including phenoxy) is 1. The molecule has 0 aliphatic carbocycles. The van der Waals surface area contributed by atoms with Gasteiger partial charge in [-0.3, -0.25) is 4.79 Å². The Hall–Kier alpha value is -2.38. The van der Waals surface area contributed by atoms with E-state index >= 15 is 0 Å². The second-order valence-corrected chi connectivity index (χ2v) is 9.07. The third-order valence-corrected chi connectivity index (χ3v) is 6.47. The van der Waals surface area contributed by atoms with Crippen LogP contribution < -0.4 is 10.1 Å². The topological polar surface area (TPSA) is 75.7 Å². The summed E-state index contributed by atoms with van der Waals surface area (Å²) in [7, 11) is -3.47. The molecule has 1 aliphatic rings. The van der Waals surface area contributed by atoms with Crippen molar-refractivity contribution in [2.45, 2.75) is 44.1 Å². The Balaban J connectivity index is 1.66. The Labute approximate surface area is 166 Å². The summed E-state index contributed by atoms with van der Waals surface area (Å²) < 4.78 is 32.5. The fraction of sp³-hybridized carbons (Fsp3) is 0.381. The van der Waals surface area contributed by atoms with Crippen LogP contribution in [0.2, 0.25) is 0 Å². The molecule has 1 aliphatic heterocycles. The van der Waals surface area contributed by atoms with Crippen LogP contribution in [0.15, 0.2) is 53.4 Å². The number of benzene rings is 2. The third kappa shape index (κ3) is 4.91. The molecule has 0 bridgehead atoms. The van der Waals surface area contributed by atoms with Crippen molar-refractivity contribution in [1.29, 1.82) is 0 Å². The normalized spacial score (nSPS) is 15.4. The minimum atomic E-state index is -3.47. The van der Waals surface area contributed by atoms with Crippen molar-refractivity contribution >= 4 is 21.6 Å². The number of carbonyl (C=O) groups excluding carboxylic acids is 1. The van der Waals surface area contributed by atoms with Crippen molar-refractivity contribution in [3.05, 3.63) is 54.1 Å². The van der Waals surface area contributed by atoms with E-state index in [-0.39, 0.29) is 16.9 Å². The Bertz CT molecular complexity index is 900. The summed E-state index contributed by atoms with van der Waals surface area (Å²) in [4.78, 5) is 12.7. The average molecular weight is 403 g/mol. The highest BCUT2D eigenvalue weighted by Crippen LogP contribution is 2.22. The third-order valence-electron chi connectivity index (χ3n) is 4.55. The first kappa shape index (κ1) is 20.4. The van der Waals surface area contributed by atoms with E-state index in [4.69, 9.17) is 4.74 Å². The molecule has 2 aromatic carbocycles. The highest BCUT2D eigenvalue weighted by atomic mass is 32.2. The highest BCUT2D eigenvalue weighted by molar-refractivity contribution is 7.89. The number of hydrogen-bond acceptors (Lipinski definition) is 4. The smallest absolute Gasteiger partial charge is 0.255 e. The van der Waals surface area contributed by atoms with Crippen LogP contribution >= 0.6 is 0 Å². The van der Waals surface area contributed by atoms with E-state index in [0.717, 1.165) is 19.3 Å². The van der Waals surface area contributed by atoms with E-state index < -0.39 is 10.0 Å². The number of hydrogen-bond donors (Lipinski definition) is 1. The first-order valence-corrected chi connectivity index (χ1v) is 11.0. The Morgan fingerprint density at radius 3 is 2.14 bits per heavy atom. The van der Waals surface area contributed by atoms with Crippen molar-refractivity contribution in [3.63, 3.8) is 0 Å². The van der Waals surface area contributed by atoms with Crippen molar-refractivity contribution in [2.75, 3.05) is 18.4 Å². The van der Waals surface area contributed by atoms with Crippen molar-refractivity contribution in [1.82, 2.24) is 4.31 Å². The van der Waals surface area contributed by atoms with E-state index in [1.807, 2.05) is 13.8 Å². The molecule has 0 radical (unpaired) electrons. The summed E-state index contributed by atoms with van der Waals surface area (Å²) >= 11 is 0. The lowest BCUT2D eigenvalue weighted by atomic mass is 10.2. The van der Waals surface area contributed by atoms with Gasteiger partial charge in [0.1, 0.15) is 5.75 Å². The Kier molecular flexibility index (Phi) is 6.36. The first-order valence-electron chi connectivity index (χ1n) is 9.54. The number of nitrogens with zero attached hydrogens (tertiary/aromatic N) is 1. The minimum Gasteiger partial charge on any atom is -0.491 e. The molecule has 28 heavy (non-hydrogen) atoms. The highest BCUT2D eigenvalue weighted by Gasteiger charge is 2.25. The van der Waals surface area contributed by atoms with Crippen LogP contribution in [-0.2, 0) is 10.0 Å². The summed E-state index contributed by atoms with van der Waals surface area (Å²) in [6, 6.07) is 13.2. The monoisotopic (exact) mass is 402 g/mol. The predicted molar refractivity (Wildman–Crippen MR) is 109 cm³/mol. The molecule has 1 heterocycles. The minimum absolute atomic E-state index is 0.0689. The summed E-state index contributed by atoms with van der Waals surface area (Å²) in [5.74, 6) is 0.446. The van der Waals surface area contributed by atoms with E-state index in [2.05, 4.69) is 5.32 Å². The molecule has 0 spiro atoms. The molecule has 0 unspecified atom stereocenters. The van der Waals surface area contributed by atoms with Gasteiger partial charge < -0.3 is 10.1 Å². The number of piperidine rings is 1. The number of nitrogens with one attached hydrogen (secondary N) is 1. The SMILES string of the molecule is CC(C)Oc1ccc(C(=O)Nc2ccc(S(=O)(=O)N3CCCCC3)cc2)cc1. The van der Waals surface area contributed by atoms with Crippen LogP contribution in [0, 0.1) is 0 Å². The zero-order valence-corrected chi connectivity index (χ0v) is 17.0. The Morgan fingerprint density at radius 1 is 0.964 bits per heavy atom. The van der Waals surface area contributed by atoms with Gasteiger partial charge in [-0.1, -0.05) is 6.42 Å². The van der Waals surface area contributed by atoms with Gasteiger partial charge in [0, 0.05) is 24.3 Å². The van der Waals surface area contributed by atoms with Gasteiger partial charge in [0.2, 0.25) is 10.0 Å². The van der Waals surface area contributed by atoms with Gasteiger partial charge in [0.15, 0.2) is 0 Å². The summed E-state index contributed by atoms with van der Waals surface area (Å²) in [6.07, 6.45) is 2.93. The molecule has 2 aromatic rings. The van der Waals surface area contributed by atoms with Gasteiger partial charge >= 0.3 is 0 Å². The molecule has 150 valence electrons. The maximum atomic E-state index is 12.7. The first-order chi connectivity index (χ1) is 13.4. The fourth-order valence-electron chi connectivity index (χ4n) is 3.12. The zero-order valence-electron chi connectivity index (χ0n) is 16.2. The van der Waals surface area contributed by atoms with Crippen LogP contribution in [0.5, 0.6) is 5.75 Å². The standard InChI is InChI=1S/C21H26N2O4S/c1-16(2)27-19-10-6-17(7-11-19)21(24)22-18-8-12-20(13-9-18)28(25,26)23-14-4-3-5-15-23/h6-13,16H,3-5,14-15H2,1-2H3,(H,22,24). The molecule has 0 aromatic heterocycles. The quantitative estimate of drug-likeness (QED) is 0.795. The number of rotatable bonds is 6. The average Bonchev–Trinajstić information content (AvgIpc) is 2.69. The molecule has 1 N–H and O–H groups in total. The summed E-state index contributed by atoms with van der Waals surface area (Å²) in [5.41, 5.74) is 1.05. The van der Waals surface area contributed by atoms with E-state index in [0.29, 0.717) is 30.1 Å². The van der Waals surface area contributed by atoms with Crippen molar-refractivity contribution in [2.24, 2.45) is 0 Å². The molecule has 0 atom stereocenters. The molecule has 6 nitrogen and oxygen atoms in total. The molecule has 1 fully saturated rings. The van der Waals surface area contributed by atoms with Gasteiger partial charge in [0.05, 0.1) is 11.0 Å². The Morgan fingerprint density at radius 2 is 1.57 bits per heavy atom. The lowest BCUT2D eigenvalue weighted by Gasteiger charge is -2.25. The zero-order chi connectivity index (χ0) is 20.1. The van der Waals surface area contributed by atoms with Crippen molar-refractivity contribution in [3.8, 4) is 5.75 Å². The number of carbonyl (C=O) groups is 1. The second kappa shape index (κ2) is 8.75. The fourth-order valence-corrected chi connectivity index (χ4v) is 4.64. The van der Waals surface area contributed by atoms with E-state index in [1.165, 1.54) is 4.31 Å². The van der Waals surface area contributed by atoms with Gasteiger partial charge in [-0.2, -0.15) is 4.31 Å². The largest absolute Gasteiger partial charge is 0.491 e. The lowest BCUT2D eigenvalue weighted by molar-refractivity contribution is 0.102. The maximum Gasteiger partial charge on any atom is 0.255 e. The number of anilines is 1. The second-order valence-electron chi connectivity index (χ2n) is 7.13. The van der Waals surface area contributed by atoms with Gasteiger partial charge in [-0.05, 0) is 75.2 Å². The van der Waals surface area contributed by atoms with Crippen LogP contribution in [0.3, 0.4) is 0 Å². The van der Waals surface area contributed by atoms with Crippen molar-refractivity contribution < 1.29 is 17.9 Å². The lowest BCUT2D eigenvalue weighted by Crippen LogP contribution is -2.35. The van der Waals surface area contributed by atoms with Crippen LogP contribution in [-0.4, -0.2) is 37.8 Å². The molecule has 7 heteroatoms. The van der Waals surface area contributed by atoms with E-state index in [9.17, 15) is 13.2 Å². The van der Waals surface area contributed by atoms with Crippen LogP contribution in [0.25, 0.3) is 0 Å². The summed E-state index contributed by atoms with van der Waals surface area (Å²) in [6.45, 7) is 5.01. The predicted octanol–water partition coefficient (Wildman–Crippen LogP) is 3.90. The molecule has 1 amide bonds. The van der Waals surface area contributed by atoms with Gasteiger partial charge in [-0.15, -0.1) is 0 Å². The summed E-state index contributed by atoms with van der Waals surface area (Å²) in [5, 5.41) is 2.79. The molecular formula is C21H26N2O4S. The van der Waals surface area contributed by atoms with Crippen LogP contribution in [0.1, 0.15) is 43.5 Å². The van der Waals surface area contributed by atoms with Gasteiger partial charge in [0.25, 0.3) is 5.91 Å². The number of amides is 1.